The van der Waals surface area contributed by atoms with Gasteiger partial charge in [0.25, 0.3) is 0 Å². The second-order valence-electron chi connectivity index (χ2n) is 3.69. The number of esters is 1. The fraction of sp³-hybridized carbons (Fsp3) is 0.455. The molecule has 0 radical (unpaired) electrons. The summed E-state index contributed by atoms with van der Waals surface area (Å²) in [6.07, 6.45) is -4.33. The van der Waals surface area contributed by atoms with Crippen LogP contribution in [-0.2, 0) is 16.0 Å². The van der Waals surface area contributed by atoms with E-state index in [1.54, 1.807) is 6.07 Å². The maximum Gasteiger partial charge on any atom is 0.417 e. The van der Waals surface area contributed by atoms with Crippen molar-refractivity contribution in [2.24, 2.45) is 5.73 Å². The highest BCUT2D eigenvalue weighted by Crippen LogP contribution is 2.32. The Morgan fingerprint density at radius 2 is 2.11 bits per heavy atom. The van der Waals surface area contributed by atoms with Gasteiger partial charge < -0.3 is 10.5 Å². The van der Waals surface area contributed by atoms with Gasteiger partial charge >= 0.3 is 12.1 Å². The zero-order chi connectivity index (χ0) is 13.8. The van der Waals surface area contributed by atoms with E-state index in [1.165, 1.54) is 25.3 Å². The summed E-state index contributed by atoms with van der Waals surface area (Å²) in [7, 11) is 0. The highest BCUT2D eigenvalue weighted by Gasteiger charge is 2.59. The molecule has 1 rings (SSSR count). The molecule has 0 spiro atoms. The zero-order valence-corrected chi connectivity index (χ0v) is 9.70. The quantitative estimate of drug-likeness (QED) is 0.834. The van der Waals surface area contributed by atoms with Crippen molar-refractivity contribution < 1.29 is 22.7 Å². The molecule has 0 saturated heterocycles. The lowest BCUT2D eigenvalue weighted by molar-refractivity contribution is -0.205. The minimum Gasteiger partial charge on any atom is -0.464 e. The van der Waals surface area contributed by atoms with Crippen molar-refractivity contribution in [3.05, 3.63) is 30.1 Å². The normalized spacial score (nSPS) is 14.9. The first-order valence-electron chi connectivity index (χ1n) is 5.24. The molecule has 0 aliphatic rings. The lowest BCUT2D eigenvalue weighted by atomic mass is 9.93. The fourth-order valence-electron chi connectivity index (χ4n) is 1.34. The van der Waals surface area contributed by atoms with E-state index in [2.05, 4.69) is 9.72 Å². The summed E-state index contributed by atoms with van der Waals surface area (Å²) in [4.78, 5) is 15.2. The minimum absolute atomic E-state index is 0.0744. The van der Waals surface area contributed by atoms with Crippen LogP contribution in [0.5, 0.6) is 0 Å². The molecule has 0 saturated carbocycles. The molecule has 1 atom stereocenters. The van der Waals surface area contributed by atoms with Crippen LogP contribution in [-0.4, -0.2) is 29.3 Å². The number of nitrogens with two attached hydrogens (primary N) is 1. The Labute approximate surface area is 102 Å². The lowest BCUT2D eigenvalue weighted by Crippen LogP contribution is -2.61. The number of pyridine rings is 1. The SMILES string of the molecule is CCOC(=O)C(N)(Cc1ccccn1)C(F)(F)F. The van der Waals surface area contributed by atoms with Crippen LogP contribution in [0.3, 0.4) is 0 Å². The molecule has 4 nitrogen and oxygen atoms in total. The van der Waals surface area contributed by atoms with Gasteiger partial charge in [-0.25, -0.2) is 4.79 Å². The number of halogens is 3. The van der Waals surface area contributed by atoms with Gasteiger partial charge in [-0.3, -0.25) is 4.98 Å². The smallest absolute Gasteiger partial charge is 0.417 e. The monoisotopic (exact) mass is 262 g/mol. The van der Waals surface area contributed by atoms with Crippen molar-refractivity contribution in [3.8, 4) is 0 Å². The van der Waals surface area contributed by atoms with Crippen molar-refractivity contribution in [1.82, 2.24) is 4.98 Å². The molecule has 1 aromatic rings. The number of nitrogens with zero attached hydrogens (tertiary/aromatic N) is 1. The van der Waals surface area contributed by atoms with Gasteiger partial charge in [0.2, 0.25) is 5.54 Å². The number of hydrogen-bond acceptors (Lipinski definition) is 4. The third-order valence-corrected chi connectivity index (χ3v) is 2.33. The third kappa shape index (κ3) is 2.98. The highest BCUT2D eigenvalue weighted by atomic mass is 19.4. The van der Waals surface area contributed by atoms with Crippen molar-refractivity contribution in [2.75, 3.05) is 6.61 Å². The average Bonchev–Trinajstić information content (AvgIpc) is 2.29. The van der Waals surface area contributed by atoms with E-state index in [4.69, 9.17) is 5.73 Å². The molecule has 0 amide bonds. The standard InChI is InChI=1S/C11H13F3N2O2/c1-2-18-9(17)10(15,11(12,13)14)7-8-5-3-4-6-16-8/h3-6H,2,7,15H2,1H3. The van der Waals surface area contributed by atoms with Crippen LogP contribution in [0.4, 0.5) is 13.2 Å². The van der Waals surface area contributed by atoms with Gasteiger partial charge in [-0.2, -0.15) is 13.2 Å². The van der Waals surface area contributed by atoms with Crippen LogP contribution in [0.1, 0.15) is 12.6 Å². The number of rotatable bonds is 4. The molecule has 1 heterocycles. The van der Waals surface area contributed by atoms with Crippen LogP contribution < -0.4 is 5.73 Å². The van der Waals surface area contributed by atoms with Crippen molar-refractivity contribution >= 4 is 5.97 Å². The van der Waals surface area contributed by atoms with Gasteiger partial charge in [-0.05, 0) is 19.1 Å². The molecular weight excluding hydrogens is 249 g/mol. The Bertz CT molecular complexity index is 408. The molecule has 18 heavy (non-hydrogen) atoms. The van der Waals surface area contributed by atoms with E-state index in [1.807, 2.05) is 0 Å². The summed E-state index contributed by atoms with van der Waals surface area (Å²) in [5, 5.41) is 0. The predicted molar refractivity (Wildman–Crippen MR) is 57.5 cm³/mol. The third-order valence-electron chi connectivity index (χ3n) is 2.33. The van der Waals surface area contributed by atoms with Crippen molar-refractivity contribution in [2.45, 2.75) is 25.1 Å². The fourth-order valence-corrected chi connectivity index (χ4v) is 1.34. The Kier molecular flexibility index (Phi) is 4.28. The number of carbonyl (C=O) groups is 1. The lowest BCUT2D eigenvalue weighted by Gasteiger charge is -2.28. The van der Waals surface area contributed by atoms with Crippen LogP contribution in [0.2, 0.25) is 0 Å². The summed E-state index contributed by atoms with van der Waals surface area (Å²) in [5.41, 5.74) is 2.20. The van der Waals surface area contributed by atoms with Crippen LogP contribution in [0, 0.1) is 0 Å². The Morgan fingerprint density at radius 1 is 1.44 bits per heavy atom. The first-order valence-corrected chi connectivity index (χ1v) is 5.24. The molecule has 7 heteroatoms. The van der Waals surface area contributed by atoms with E-state index in [0.717, 1.165) is 0 Å². The van der Waals surface area contributed by atoms with E-state index >= 15 is 0 Å². The van der Waals surface area contributed by atoms with Gasteiger partial charge in [0.1, 0.15) is 0 Å². The Morgan fingerprint density at radius 3 is 2.56 bits per heavy atom. The molecule has 0 aromatic carbocycles. The molecule has 0 fully saturated rings. The van der Waals surface area contributed by atoms with Gasteiger partial charge in [-0.1, -0.05) is 6.07 Å². The largest absolute Gasteiger partial charge is 0.464 e. The van der Waals surface area contributed by atoms with E-state index in [0.29, 0.717) is 0 Å². The molecule has 2 N–H and O–H groups in total. The number of alkyl halides is 3. The molecule has 1 aromatic heterocycles. The Hall–Kier alpha value is -1.63. The second kappa shape index (κ2) is 5.34. The minimum atomic E-state index is -4.91. The maximum atomic E-state index is 12.9. The zero-order valence-electron chi connectivity index (χ0n) is 9.70. The topological polar surface area (TPSA) is 65.2 Å². The highest BCUT2D eigenvalue weighted by molar-refractivity contribution is 5.82. The van der Waals surface area contributed by atoms with E-state index in [-0.39, 0.29) is 12.3 Å². The molecule has 1 unspecified atom stereocenters. The summed E-state index contributed by atoms with van der Waals surface area (Å²) < 4.78 is 43.1. The summed E-state index contributed by atoms with van der Waals surface area (Å²) in [5.74, 6) is -1.50. The van der Waals surface area contributed by atoms with Crippen LogP contribution >= 0.6 is 0 Å². The summed E-state index contributed by atoms with van der Waals surface area (Å²) >= 11 is 0. The predicted octanol–water partition coefficient (Wildman–Crippen LogP) is 1.45. The summed E-state index contributed by atoms with van der Waals surface area (Å²) in [6.45, 7) is 1.24. The number of carbonyl (C=O) groups excluding carboxylic acids is 1. The maximum absolute atomic E-state index is 12.9. The first kappa shape index (κ1) is 14.4. The van der Waals surface area contributed by atoms with Gasteiger partial charge in [0.15, 0.2) is 0 Å². The molecule has 0 bridgehead atoms. The second-order valence-corrected chi connectivity index (χ2v) is 3.69. The number of hydrogen-bond donors (Lipinski definition) is 1. The average molecular weight is 262 g/mol. The van der Waals surface area contributed by atoms with Gasteiger partial charge in [0, 0.05) is 18.3 Å². The molecule has 100 valence electrons. The van der Waals surface area contributed by atoms with E-state index in [9.17, 15) is 18.0 Å². The molecular formula is C11H13F3N2O2. The molecule has 0 aliphatic heterocycles. The van der Waals surface area contributed by atoms with Crippen LogP contribution in [0.15, 0.2) is 24.4 Å². The van der Waals surface area contributed by atoms with Gasteiger partial charge in [-0.15, -0.1) is 0 Å². The summed E-state index contributed by atoms with van der Waals surface area (Å²) in [6, 6.07) is 4.44. The first-order chi connectivity index (χ1) is 8.31. The van der Waals surface area contributed by atoms with Crippen molar-refractivity contribution in [1.29, 1.82) is 0 Å². The Balaban J connectivity index is 3.03. The van der Waals surface area contributed by atoms with Crippen molar-refractivity contribution in [3.63, 3.8) is 0 Å². The number of ether oxygens (including phenoxy) is 1. The van der Waals surface area contributed by atoms with Gasteiger partial charge in [0.05, 0.1) is 6.61 Å². The van der Waals surface area contributed by atoms with Crippen LogP contribution in [0.25, 0.3) is 0 Å². The molecule has 0 aliphatic carbocycles. The number of aromatic nitrogens is 1. The van der Waals surface area contributed by atoms with E-state index < -0.39 is 24.1 Å².